The van der Waals surface area contributed by atoms with Gasteiger partial charge in [-0.25, -0.2) is 8.42 Å². The third-order valence-corrected chi connectivity index (χ3v) is 6.86. The van der Waals surface area contributed by atoms with Crippen LogP contribution in [0.5, 0.6) is 0 Å². The van der Waals surface area contributed by atoms with E-state index in [1.54, 1.807) is 18.9 Å². The topological polar surface area (TPSA) is 86.8 Å². The molecule has 2 aromatic carbocycles. The summed E-state index contributed by atoms with van der Waals surface area (Å²) in [5.41, 5.74) is 4.54. The Morgan fingerprint density at radius 1 is 1.03 bits per heavy atom. The molecule has 0 aliphatic carbocycles. The van der Waals surface area contributed by atoms with Crippen LogP contribution in [0.3, 0.4) is 0 Å². The molecule has 0 spiro atoms. The Kier molecular flexibility index (Phi) is 9.05. The number of anilines is 1. The van der Waals surface area contributed by atoms with Crippen LogP contribution in [0.4, 0.5) is 5.69 Å². The summed E-state index contributed by atoms with van der Waals surface area (Å²) in [5.74, 6) is -0.437. The van der Waals surface area contributed by atoms with E-state index in [0.29, 0.717) is 18.7 Å². The fraction of sp³-hybridized carbons (Fsp3) is 0.440. The van der Waals surface area contributed by atoms with Crippen molar-refractivity contribution in [2.45, 2.75) is 53.1 Å². The molecule has 0 aromatic heterocycles. The van der Waals surface area contributed by atoms with Crippen molar-refractivity contribution in [3.05, 3.63) is 64.7 Å². The minimum Gasteiger partial charge on any atom is -0.357 e. The average molecular weight is 474 g/mol. The summed E-state index contributed by atoms with van der Waals surface area (Å²) in [4.78, 5) is 27.0. The molecule has 0 aliphatic rings. The molecule has 0 saturated heterocycles. The van der Waals surface area contributed by atoms with Gasteiger partial charge in [0.05, 0.1) is 11.9 Å². The Morgan fingerprint density at radius 3 is 2.18 bits per heavy atom. The molecule has 0 fully saturated rings. The summed E-state index contributed by atoms with van der Waals surface area (Å²) in [6, 6.07) is 12.7. The third-order valence-electron chi connectivity index (χ3n) is 5.66. The van der Waals surface area contributed by atoms with Crippen LogP contribution in [-0.4, -0.2) is 51.0 Å². The Labute approximate surface area is 197 Å². The van der Waals surface area contributed by atoms with E-state index in [-0.39, 0.29) is 24.8 Å². The van der Waals surface area contributed by atoms with E-state index in [0.717, 1.165) is 22.3 Å². The standard InChI is InChI=1S/C25H35N3O4S/c1-18-14-19(2)16-23(15-18)28(33(6,31)32)13-9-12-24(29)27(21(4)25(30)26-5)17-22-11-8-7-10-20(22)3/h7-8,10-11,14-16,21H,9,12-13,17H2,1-6H3,(H,26,30)/t21-/m0/s1. The quantitative estimate of drug-likeness (QED) is 0.574. The maximum atomic E-state index is 13.2. The minimum atomic E-state index is -3.51. The second-order valence-electron chi connectivity index (χ2n) is 8.52. The number of benzene rings is 2. The Morgan fingerprint density at radius 2 is 1.64 bits per heavy atom. The maximum absolute atomic E-state index is 13.2. The number of carbonyl (C=O) groups excluding carboxylic acids is 2. The molecule has 8 heteroatoms. The van der Waals surface area contributed by atoms with Gasteiger partial charge in [-0.15, -0.1) is 0 Å². The first-order valence-corrected chi connectivity index (χ1v) is 12.9. The summed E-state index contributed by atoms with van der Waals surface area (Å²) in [5, 5.41) is 2.61. The van der Waals surface area contributed by atoms with Gasteiger partial charge in [0, 0.05) is 26.6 Å². The number of nitrogens with zero attached hydrogens (tertiary/aromatic N) is 2. The lowest BCUT2D eigenvalue weighted by molar-refractivity contribution is -0.140. The smallest absolute Gasteiger partial charge is 0.242 e. The second-order valence-corrected chi connectivity index (χ2v) is 10.4. The lowest BCUT2D eigenvalue weighted by atomic mass is 10.1. The number of likely N-dealkylation sites (N-methyl/N-ethyl adjacent to an activating group) is 1. The Bertz CT molecular complexity index is 1080. The number of carbonyl (C=O) groups is 2. The van der Waals surface area contributed by atoms with E-state index >= 15 is 0 Å². The Balaban J connectivity index is 2.18. The highest BCUT2D eigenvalue weighted by Crippen LogP contribution is 2.22. The summed E-state index contributed by atoms with van der Waals surface area (Å²) >= 11 is 0. The summed E-state index contributed by atoms with van der Waals surface area (Å²) in [6.07, 6.45) is 1.64. The number of nitrogens with one attached hydrogen (secondary N) is 1. The molecule has 0 saturated carbocycles. The van der Waals surface area contributed by atoms with Gasteiger partial charge in [0.2, 0.25) is 21.8 Å². The zero-order valence-electron chi connectivity index (χ0n) is 20.4. The van der Waals surface area contributed by atoms with Crippen LogP contribution >= 0.6 is 0 Å². The van der Waals surface area contributed by atoms with Crippen molar-refractivity contribution in [2.75, 3.05) is 24.2 Å². The molecule has 0 unspecified atom stereocenters. The van der Waals surface area contributed by atoms with E-state index < -0.39 is 16.1 Å². The predicted octanol–water partition coefficient (Wildman–Crippen LogP) is 3.32. The minimum absolute atomic E-state index is 0.129. The Hall–Kier alpha value is -2.87. The molecular weight excluding hydrogens is 438 g/mol. The fourth-order valence-electron chi connectivity index (χ4n) is 3.86. The van der Waals surface area contributed by atoms with Crippen LogP contribution in [-0.2, 0) is 26.2 Å². The first kappa shape index (κ1) is 26.4. The zero-order valence-corrected chi connectivity index (χ0v) is 21.2. The predicted molar refractivity (Wildman–Crippen MR) is 133 cm³/mol. The average Bonchev–Trinajstić information content (AvgIpc) is 2.73. The van der Waals surface area contributed by atoms with Crippen molar-refractivity contribution in [1.82, 2.24) is 10.2 Å². The van der Waals surface area contributed by atoms with Gasteiger partial charge in [0.25, 0.3) is 0 Å². The van der Waals surface area contributed by atoms with Crippen LogP contribution in [0, 0.1) is 20.8 Å². The van der Waals surface area contributed by atoms with Crippen molar-refractivity contribution in [2.24, 2.45) is 0 Å². The van der Waals surface area contributed by atoms with Gasteiger partial charge < -0.3 is 10.2 Å². The maximum Gasteiger partial charge on any atom is 0.242 e. The summed E-state index contributed by atoms with van der Waals surface area (Å²) in [6.45, 7) is 8.00. The van der Waals surface area contributed by atoms with Crippen LogP contribution < -0.4 is 9.62 Å². The van der Waals surface area contributed by atoms with Crippen molar-refractivity contribution in [1.29, 1.82) is 0 Å². The molecule has 1 N–H and O–H groups in total. The molecule has 2 rings (SSSR count). The molecule has 1 atom stereocenters. The van der Waals surface area contributed by atoms with Gasteiger partial charge in [-0.1, -0.05) is 30.3 Å². The molecule has 0 heterocycles. The first-order chi connectivity index (χ1) is 15.4. The number of sulfonamides is 1. The summed E-state index contributed by atoms with van der Waals surface area (Å²) < 4.78 is 26.3. The van der Waals surface area contributed by atoms with Gasteiger partial charge in [-0.2, -0.15) is 0 Å². The lowest BCUT2D eigenvalue weighted by Gasteiger charge is -2.29. The monoisotopic (exact) mass is 473 g/mol. The fourth-order valence-corrected chi connectivity index (χ4v) is 4.81. The zero-order chi connectivity index (χ0) is 24.8. The molecule has 2 amide bonds. The largest absolute Gasteiger partial charge is 0.357 e. The van der Waals surface area contributed by atoms with Gasteiger partial charge in [-0.05, 0) is 68.5 Å². The van der Waals surface area contributed by atoms with Crippen LogP contribution in [0.25, 0.3) is 0 Å². The van der Waals surface area contributed by atoms with E-state index in [1.807, 2.05) is 63.2 Å². The molecule has 2 aromatic rings. The molecular formula is C25H35N3O4S. The van der Waals surface area contributed by atoms with Gasteiger partial charge in [0.1, 0.15) is 6.04 Å². The number of aryl methyl sites for hydroxylation is 3. The van der Waals surface area contributed by atoms with Crippen LogP contribution in [0.15, 0.2) is 42.5 Å². The molecule has 33 heavy (non-hydrogen) atoms. The highest BCUT2D eigenvalue weighted by atomic mass is 32.2. The van der Waals surface area contributed by atoms with Crippen molar-refractivity contribution in [3.63, 3.8) is 0 Å². The van der Waals surface area contributed by atoms with E-state index in [9.17, 15) is 18.0 Å². The van der Waals surface area contributed by atoms with Gasteiger partial charge >= 0.3 is 0 Å². The van der Waals surface area contributed by atoms with Gasteiger partial charge in [-0.3, -0.25) is 13.9 Å². The number of amides is 2. The van der Waals surface area contributed by atoms with Crippen molar-refractivity contribution < 1.29 is 18.0 Å². The SMILES string of the molecule is CNC(=O)[C@H](C)N(Cc1ccccc1C)C(=O)CCCN(c1cc(C)cc(C)c1)S(C)(=O)=O. The molecule has 0 radical (unpaired) electrons. The normalized spacial score (nSPS) is 12.2. The van der Waals surface area contributed by atoms with Gasteiger partial charge in [0.15, 0.2) is 0 Å². The second kappa shape index (κ2) is 11.3. The molecule has 7 nitrogen and oxygen atoms in total. The summed E-state index contributed by atoms with van der Waals surface area (Å²) in [7, 11) is -1.97. The van der Waals surface area contributed by atoms with Crippen molar-refractivity contribution in [3.8, 4) is 0 Å². The highest BCUT2D eigenvalue weighted by molar-refractivity contribution is 7.92. The number of hydrogen-bond acceptors (Lipinski definition) is 4. The lowest BCUT2D eigenvalue weighted by Crippen LogP contribution is -2.47. The third kappa shape index (κ3) is 7.32. The molecule has 0 aliphatic heterocycles. The van der Waals surface area contributed by atoms with E-state index in [4.69, 9.17) is 0 Å². The first-order valence-electron chi connectivity index (χ1n) is 11.1. The number of rotatable bonds is 10. The van der Waals surface area contributed by atoms with Crippen LogP contribution in [0.1, 0.15) is 42.0 Å². The highest BCUT2D eigenvalue weighted by Gasteiger charge is 2.26. The van der Waals surface area contributed by atoms with E-state index in [1.165, 1.54) is 10.6 Å². The number of hydrogen-bond donors (Lipinski definition) is 1. The molecule has 180 valence electrons. The van der Waals surface area contributed by atoms with E-state index in [2.05, 4.69) is 5.32 Å². The van der Waals surface area contributed by atoms with Crippen molar-refractivity contribution >= 4 is 27.5 Å². The molecule has 0 bridgehead atoms. The van der Waals surface area contributed by atoms with Crippen LogP contribution in [0.2, 0.25) is 0 Å².